The largest absolute Gasteiger partial charge is 0.0616 e. The number of rotatable bonds is 0. The van der Waals surface area contributed by atoms with E-state index in [-0.39, 0.29) is 5.41 Å². The van der Waals surface area contributed by atoms with Gasteiger partial charge in [-0.2, -0.15) is 0 Å². The molecule has 1 aliphatic rings. The molecule has 0 spiro atoms. The molecule has 0 aliphatic heterocycles. The Morgan fingerprint density at radius 2 is 1.04 bits per heavy atom. The second kappa shape index (κ2) is 4.98. The van der Waals surface area contributed by atoms with Gasteiger partial charge in [0.2, 0.25) is 0 Å². The van der Waals surface area contributed by atoms with E-state index >= 15 is 0 Å². The molecule has 0 unspecified atom stereocenters. The molecule has 0 amide bonds. The van der Waals surface area contributed by atoms with Crippen LogP contribution in [0.15, 0.2) is 84.9 Å². The molecule has 1 aliphatic carbocycles. The van der Waals surface area contributed by atoms with Crippen molar-refractivity contribution in [2.75, 3.05) is 0 Å². The summed E-state index contributed by atoms with van der Waals surface area (Å²) in [5, 5.41) is 7.99. The van der Waals surface area contributed by atoms with Crippen LogP contribution in [0.1, 0.15) is 25.0 Å². The molecule has 0 heteroatoms. The van der Waals surface area contributed by atoms with Gasteiger partial charge in [0, 0.05) is 5.41 Å². The van der Waals surface area contributed by atoms with Crippen LogP contribution >= 0.6 is 0 Å². The summed E-state index contributed by atoms with van der Waals surface area (Å²) in [6, 6.07) is 31.4. The zero-order chi connectivity index (χ0) is 18.2. The molecule has 0 nitrogen and oxygen atoms in total. The summed E-state index contributed by atoms with van der Waals surface area (Å²) < 4.78 is 0. The number of hydrogen-bond donors (Lipinski definition) is 0. The standard InChI is InChI=1S/C27H20/c1-27(2)23-13-11-17-7-5-6-10-21(17)25(23)26-22-16-19-9-4-3-8-18(19)15-20(22)12-14-24(26)27/h3-16H,1-2H3. The Morgan fingerprint density at radius 3 is 1.78 bits per heavy atom. The van der Waals surface area contributed by atoms with Crippen molar-refractivity contribution in [1.29, 1.82) is 0 Å². The Bertz CT molecular complexity index is 1390. The molecule has 0 fully saturated rings. The molecule has 128 valence electrons. The lowest BCUT2D eigenvalue weighted by Gasteiger charge is -2.21. The van der Waals surface area contributed by atoms with Gasteiger partial charge < -0.3 is 0 Å². The molecule has 0 saturated heterocycles. The Kier molecular flexibility index (Phi) is 2.77. The van der Waals surface area contributed by atoms with Gasteiger partial charge in [-0.3, -0.25) is 0 Å². The molecular formula is C27H20. The lowest BCUT2D eigenvalue weighted by molar-refractivity contribution is 0.661. The molecule has 6 rings (SSSR count). The molecule has 0 N–H and O–H groups in total. The number of hydrogen-bond acceptors (Lipinski definition) is 0. The summed E-state index contributed by atoms with van der Waals surface area (Å²) in [5.74, 6) is 0. The van der Waals surface area contributed by atoms with Crippen molar-refractivity contribution < 1.29 is 0 Å². The normalized spacial score (nSPS) is 14.6. The highest BCUT2D eigenvalue weighted by atomic mass is 14.4. The van der Waals surface area contributed by atoms with Gasteiger partial charge in [-0.05, 0) is 66.7 Å². The first-order chi connectivity index (χ1) is 13.1. The van der Waals surface area contributed by atoms with Crippen LogP contribution in [0, 0.1) is 0 Å². The molecular weight excluding hydrogens is 324 g/mol. The van der Waals surface area contributed by atoms with E-state index in [1.807, 2.05) is 0 Å². The van der Waals surface area contributed by atoms with Crippen molar-refractivity contribution >= 4 is 32.3 Å². The average Bonchev–Trinajstić information content (AvgIpc) is 2.94. The Labute approximate surface area is 159 Å². The zero-order valence-electron chi connectivity index (χ0n) is 15.6. The Hall–Kier alpha value is -3.12. The first kappa shape index (κ1) is 15.0. The third kappa shape index (κ3) is 1.88. The van der Waals surface area contributed by atoms with Crippen molar-refractivity contribution in [2.45, 2.75) is 19.3 Å². The van der Waals surface area contributed by atoms with Gasteiger partial charge in [0.05, 0.1) is 0 Å². The summed E-state index contributed by atoms with van der Waals surface area (Å²) in [6.45, 7) is 4.72. The van der Waals surface area contributed by atoms with E-state index in [9.17, 15) is 0 Å². The van der Waals surface area contributed by atoms with E-state index in [0.717, 1.165) is 0 Å². The highest BCUT2D eigenvalue weighted by Crippen LogP contribution is 2.53. The predicted octanol–water partition coefficient (Wildman–Crippen LogP) is 7.45. The molecule has 5 aromatic carbocycles. The van der Waals surface area contributed by atoms with Gasteiger partial charge in [0.15, 0.2) is 0 Å². The van der Waals surface area contributed by atoms with Crippen molar-refractivity contribution in [3.8, 4) is 11.1 Å². The van der Waals surface area contributed by atoms with Crippen molar-refractivity contribution in [3.05, 3.63) is 96.1 Å². The summed E-state index contributed by atoms with van der Waals surface area (Å²) in [6.07, 6.45) is 0. The predicted molar refractivity (Wildman–Crippen MR) is 117 cm³/mol. The van der Waals surface area contributed by atoms with Crippen LogP contribution in [0.3, 0.4) is 0 Å². The molecule has 0 saturated carbocycles. The minimum Gasteiger partial charge on any atom is -0.0616 e. The van der Waals surface area contributed by atoms with Gasteiger partial charge in [-0.15, -0.1) is 0 Å². The minimum atomic E-state index is 0.0224. The quantitative estimate of drug-likeness (QED) is 0.256. The SMILES string of the molecule is CC1(C)c2ccc3ccccc3c2-c2c1ccc1cc3ccccc3cc21. The highest BCUT2D eigenvalue weighted by Gasteiger charge is 2.37. The third-order valence-corrected chi connectivity index (χ3v) is 6.41. The smallest absolute Gasteiger partial charge is 0.0159 e. The number of benzene rings is 5. The van der Waals surface area contributed by atoms with Crippen LogP contribution in [0.25, 0.3) is 43.4 Å². The van der Waals surface area contributed by atoms with E-state index in [1.165, 1.54) is 54.6 Å². The lowest BCUT2D eigenvalue weighted by Crippen LogP contribution is -2.14. The number of fused-ring (bicyclic) bond motifs is 8. The van der Waals surface area contributed by atoms with Crippen molar-refractivity contribution in [2.24, 2.45) is 0 Å². The van der Waals surface area contributed by atoms with E-state index in [1.54, 1.807) is 0 Å². The zero-order valence-corrected chi connectivity index (χ0v) is 15.6. The van der Waals surface area contributed by atoms with E-state index in [2.05, 4.69) is 98.8 Å². The molecule has 0 radical (unpaired) electrons. The fourth-order valence-electron chi connectivity index (χ4n) is 5.01. The summed E-state index contributed by atoms with van der Waals surface area (Å²) in [5.41, 5.74) is 5.76. The summed E-state index contributed by atoms with van der Waals surface area (Å²) in [7, 11) is 0. The van der Waals surface area contributed by atoms with Gasteiger partial charge >= 0.3 is 0 Å². The van der Waals surface area contributed by atoms with Gasteiger partial charge in [-0.1, -0.05) is 86.6 Å². The maximum Gasteiger partial charge on any atom is 0.0159 e. The summed E-state index contributed by atoms with van der Waals surface area (Å²) in [4.78, 5) is 0. The second-order valence-corrected chi connectivity index (χ2v) is 8.24. The lowest BCUT2D eigenvalue weighted by atomic mass is 9.81. The maximum absolute atomic E-state index is 2.39. The second-order valence-electron chi connectivity index (χ2n) is 8.24. The molecule has 5 aromatic rings. The monoisotopic (exact) mass is 344 g/mol. The van der Waals surface area contributed by atoms with Crippen LogP contribution in [0.5, 0.6) is 0 Å². The van der Waals surface area contributed by atoms with E-state index < -0.39 is 0 Å². The van der Waals surface area contributed by atoms with Gasteiger partial charge in [0.1, 0.15) is 0 Å². The average molecular weight is 344 g/mol. The van der Waals surface area contributed by atoms with Crippen LogP contribution in [-0.2, 0) is 5.41 Å². The van der Waals surface area contributed by atoms with Gasteiger partial charge in [-0.25, -0.2) is 0 Å². The van der Waals surface area contributed by atoms with Crippen LogP contribution in [0.2, 0.25) is 0 Å². The molecule has 0 heterocycles. The minimum absolute atomic E-state index is 0.0224. The molecule has 0 atom stereocenters. The van der Waals surface area contributed by atoms with E-state index in [0.29, 0.717) is 0 Å². The Balaban J connectivity index is 1.85. The maximum atomic E-state index is 2.39. The molecule has 0 bridgehead atoms. The van der Waals surface area contributed by atoms with Crippen LogP contribution in [-0.4, -0.2) is 0 Å². The first-order valence-corrected chi connectivity index (χ1v) is 9.63. The highest BCUT2D eigenvalue weighted by molar-refractivity contribution is 6.13. The van der Waals surface area contributed by atoms with E-state index in [4.69, 9.17) is 0 Å². The topological polar surface area (TPSA) is 0 Å². The van der Waals surface area contributed by atoms with Gasteiger partial charge in [0.25, 0.3) is 0 Å². The molecule has 0 aromatic heterocycles. The van der Waals surface area contributed by atoms with Crippen molar-refractivity contribution in [1.82, 2.24) is 0 Å². The summed E-state index contributed by atoms with van der Waals surface area (Å²) >= 11 is 0. The molecule has 27 heavy (non-hydrogen) atoms. The third-order valence-electron chi connectivity index (χ3n) is 6.41. The van der Waals surface area contributed by atoms with Crippen LogP contribution < -0.4 is 0 Å². The Morgan fingerprint density at radius 1 is 0.481 bits per heavy atom. The fraction of sp³-hybridized carbons (Fsp3) is 0.111. The fourth-order valence-corrected chi connectivity index (χ4v) is 5.01. The van der Waals surface area contributed by atoms with Crippen LogP contribution in [0.4, 0.5) is 0 Å². The van der Waals surface area contributed by atoms with Crippen molar-refractivity contribution in [3.63, 3.8) is 0 Å². The first-order valence-electron chi connectivity index (χ1n) is 9.63.